The lowest BCUT2D eigenvalue weighted by atomic mass is 9.90. The minimum absolute atomic E-state index is 0.0298. The molecule has 41 heavy (non-hydrogen) atoms. The van der Waals surface area contributed by atoms with Crippen LogP contribution >= 0.6 is 22.9 Å². The zero-order chi connectivity index (χ0) is 29.1. The minimum atomic E-state index is -0.704. The van der Waals surface area contributed by atoms with Crippen molar-refractivity contribution in [3.63, 3.8) is 0 Å². The van der Waals surface area contributed by atoms with E-state index < -0.39 is 11.7 Å². The molecule has 0 aliphatic carbocycles. The monoisotopic (exact) mass is 586 g/mol. The zero-order valence-electron chi connectivity index (χ0n) is 24.3. The van der Waals surface area contributed by atoms with Crippen LogP contribution in [0.15, 0.2) is 48.5 Å². The highest BCUT2D eigenvalue weighted by atomic mass is 35.5. The first-order valence-corrected chi connectivity index (χ1v) is 15.3. The number of Topliss-reactive ketones (excluding diaryl/α,β-unsaturated/α-hetero) is 1. The fourth-order valence-corrected chi connectivity index (χ4v) is 7.19. The fourth-order valence-electron chi connectivity index (χ4n) is 5.94. The summed E-state index contributed by atoms with van der Waals surface area (Å²) < 4.78 is 9.79. The number of hydrogen-bond donors (Lipinski definition) is 1. The van der Waals surface area contributed by atoms with Crippen LogP contribution in [0.1, 0.15) is 63.2 Å². The smallest absolute Gasteiger partial charge is 0.163 e. The molecule has 2 atom stereocenters. The predicted molar refractivity (Wildman–Crippen MR) is 169 cm³/mol. The number of carbonyl (C=O) groups excluding carboxylic acids is 1. The number of rotatable bonds is 6. The summed E-state index contributed by atoms with van der Waals surface area (Å²) in [4.78, 5) is 23.0. The summed E-state index contributed by atoms with van der Waals surface area (Å²) >= 11 is 7.93. The molecule has 0 spiro atoms. The summed E-state index contributed by atoms with van der Waals surface area (Å²) in [6.07, 6.45) is 0.391. The van der Waals surface area contributed by atoms with Gasteiger partial charge in [-0.25, -0.2) is 9.97 Å². The number of ether oxygens (including phenoxy) is 1. The van der Waals surface area contributed by atoms with Crippen LogP contribution in [-0.2, 0) is 9.53 Å². The first kappa shape index (κ1) is 28.0. The SMILES string of the molecule is CC(=O)[C@@H](OC(C)(C)C)c1c(C)cc2nc(-c3ccc4nc(C)n([C@@H]5CCNC5)c4c3)sc2c1-c1ccc(Cl)cc1. The standard InChI is InChI=1S/C33H35ClN4O2S/c1-18-15-26-31(29(21-7-10-23(34)11-8-21)28(18)30(19(2)39)40-33(4,5)6)41-32(37-26)22-9-12-25-27(16-22)38(20(3)36-25)24-13-14-35-17-24/h7-12,15-16,24,30,35H,13-14,17H2,1-6H3/t24-,30-/m1/s1. The number of nitrogens with one attached hydrogen (secondary N) is 1. The van der Waals surface area contributed by atoms with Gasteiger partial charge in [-0.05, 0) is 102 Å². The van der Waals surface area contributed by atoms with Crippen molar-refractivity contribution in [3.05, 3.63) is 70.5 Å². The molecule has 6 nitrogen and oxygen atoms in total. The maximum Gasteiger partial charge on any atom is 0.163 e. The lowest BCUT2D eigenvalue weighted by Crippen LogP contribution is -2.27. The summed E-state index contributed by atoms with van der Waals surface area (Å²) in [6.45, 7) is 13.6. The van der Waals surface area contributed by atoms with Gasteiger partial charge in [0.25, 0.3) is 0 Å². The van der Waals surface area contributed by atoms with E-state index in [9.17, 15) is 4.79 Å². The summed E-state index contributed by atoms with van der Waals surface area (Å²) in [6, 6.07) is 16.7. The topological polar surface area (TPSA) is 69.0 Å². The van der Waals surface area contributed by atoms with Gasteiger partial charge in [0.2, 0.25) is 0 Å². The Morgan fingerprint density at radius 3 is 2.46 bits per heavy atom. The van der Waals surface area contributed by atoms with E-state index in [0.29, 0.717) is 11.1 Å². The Bertz CT molecular complexity index is 1780. The number of hydrogen-bond acceptors (Lipinski definition) is 6. The van der Waals surface area contributed by atoms with Crippen LogP contribution in [0.25, 0.3) is 42.9 Å². The Hall–Kier alpha value is -3.10. The molecule has 8 heteroatoms. The third-order valence-electron chi connectivity index (χ3n) is 7.68. The van der Waals surface area contributed by atoms with Crippen LogP contribution < -0.4 is 5.32 Å². The van der Waals surface area contributed by atoms with E-state index in [1.165, 1.54) is 0 Å². The van der Waals surface area contributed by atoms with E-state index in [4.69, 9.17) is 26.3 Å². The highest BCUT2D eigenvalue weighted by Gasteiger charge is 2.30. The summed E-state index contributed by atoms with van der Waals surface area (Å²) in [5, 5.41) is 5.08. The number of halogens is 1. The van der Waals surface area contributed by atoms with Crippen LogP contribution in [0.5, 0.6) is 0 Å². The third kappa shape index (κ3) is 5.32. The second kappa shape index (κ2) is 10.6. The average Bonchev–Trinajstić information content (AvgIpc) is 3.64. The molecule has 0 radical (unpaired) electrons. The number of nitrogens with zero attached hydrogens (tertiary/aromatic N) is 3. The Morgan fingerprint density at radius 2 is 1.80 bits per heavy atom. The molecule has 1 aliphatic rings. The van der Waals surface area contributed by atoms with Crippen molar-refractivity contribution in [2.24, 2.45) is 0 Å². The van der Waals surface area contributed by atoms with Gasteiger partial charge in [0.1, 0.15) is 16.9 Å². The molecule has 5 aromatic rings. The molecule has 1 aliphatic heterocycles. The van der Waals surface area contributed by atoms with Gasteiger partial charge in [-0.1, -0.05) is 23.7 Å². The van der Waals surface area contributed by atoms with Crippen molar-refractivity contribution in [3.8, 4) is 21.7 Å². The van der Waals surface area contributed by atoms with Crippen LogP contribution in [0.4, 0.5) is 0 Å². The first-order chi connectivity index (χ1) is 19.5. The molecule has 1 N–H and O–H groups in total. The zero-order valence-corrected chi connectivity index (χ0v) is 25.9. The van der Waals surface area contributed by atoms with Crippen molar-refractivity contribution in [1.29, 1.82) is 0 Å². The van der Waals surface area contributed by atoms with Gasteiger partial charge in [0, 0.05) is 34.3 Å². The number of aryl methyl sites for hydroxylation is 2. The van der Waals surface area contributed by atoms with E-state index >= 15 is 0 Å². The lowest BCUT2D eigenvalue weighted by Gasteiger charge is -2.29. The van der Waals surface area contributed by atoms with Gasteiger partial charge in [-0.2, -0.15) is 0 Å². The molecule has 1 fully saturated rings. The van der Waals surface area contributed by atoms with E-state index in [1.807, 2.05) is 52.0 Å². The van der Waals surface area contributed by atoms with Crippen molar-refractivity contribution in [2.75, 3.05) is 13.1 Å². The Kier molecular flexibility index (Phi) is 7.27. The lowest BCUT2D eigenvalue weighted by molar-refractivity contribution is -0.138. The first-order valence-electron chi connectivity index (χ1n) is 14.1. The molecule has 3 aromatic carbocycles. The third-order valence-corrected chi connectivity index (χ3v) is 9.07. The van der Waals surface area contributed by atoms with Gasteiger partial charge < -0.3 is 14.6 Å². The number of ketones is 1. The van der Waals surface area contributed by atoms with Gasteiger partial charge >= 0.3 is 0 Å². The van der Waals surface area contributed by atoms with Gasteiger partial charge in [-0.3, -0.25) is 4.79 Å². The Morgan fingerprint density at radius 1 is 1.07 bits per heavy atom. The molecule has 6 rings (SSSR count). The summed E-state index contributed by atoms with van der Waals surface area (Å²) in [5.41, 5.74) is 7.41. The Labute approximate surface area is 249 Å². The van der Waals surface area contributed by atoms with Crippen molar-refractivity contribution in [1.82, 2.24) is 19.9 Å². The maximum absolute atomic E-state index is 13.1. The molecule has 0 bridgehead atoms. The second-order valence-electron chi connectivity index (χ2n) is 12.0. The summed E-state index contributed by atoms with van der Waals surface area (Å²) in [7, 11) is 0. The molecule has 3 heterocycles. The van der Waals surface area contributed by atoms with E-state index in [0.717, 1.165) is 79.4 Å². The number of carbonyl (C=O) groups is 1. The average molecular weight is 587 g/mol. The minimum Gasteiger partial charge on any atom is -0.360 e. The van der Waals surface area contributed by atoms with Crippen LogP contribution in [0.2, 0.25) is 5.02 Å². The number of imidazole rings is 1. The quantitative estimate of drug-likeness (QED) is 0.217. The fraction of sp³-hybridized carbons (Fsp3) is 0.364. The number of thiazole rings is 1. The maximum atomic E-state index is 13.1. The molecular weight excluding hydrogens is 552 g/mol. The Balaban J connectivity index is 1.57. The van der Waals surface area contributed by atoms with Crippen LogP contribution in [0.3, 0.4) is 0 Å². The van der Waals surface area contributed by atoms with Crippen molar-refractivity contribution in [2.45, 2.75) is 65.7 Å². The molecule has 0 unspecified atom stereocenters. The molecule has 0 amide bonds. The van der Waals surface area contributed by atoms with E-state index in [1.54, 1.807) is 18.3 Å². The van der Waals surface area contributed by atoms with E-state index in [2.05, 4.69) is 41.1 Å². The van der Waals surface area contributed by atoms with Crippen molar-refractivity contribution < 1.29 is 9.53 Å². The second-order valence-corrected chi connectivity index (χ2v) is 13.4. The number of benzene rings is 3. The van der Waals surface area contributed by atoms with Gasteiger partial charge in [-0.15, -0.1) is 11.3 Å². The van der Waals surface area contributed by atoms with Crippen molar-refractivity contribution >= 4 is 50.0 Å². The molecule has 0 saturated carbocycles. The van der Waals surface area contributed by atoms with Gasteiger partial charge in [0.05, 0.1) is 26.9 Å². The molecule has 212 valence electrons. The highest BCUT2D eigenvalue weighted by molar-refractivity contribution is 7.22. The molecular formula is C33H35ClN4O2S. The number of aromatic nitrogens is 3. The predicted octanol–water partition coefficient (Wildman–Crippen LogP) is 8.23. The van der Waals surface area contributed by atoms with E-state index in [-0.39, 0.29) is 5.78 Å². The molecule has 2 aromatic heterocycles. The highest BCUT2D eigenvalue weighted by Crippen LogP contribution is 2.45. The number of fused-ring (bicyclic) bond motifs is 2. The van der Waals surface area contributed by atoms with Crippen LogP contribution in [0, 0.1) is 13.8 Å². The summed E-state index contributed by atoms with van der Waals surface area (Å²) in [5.74, 6) is 1.01. The van der Waals surface area contributed by atoms with Gasteiger partial charge in [0.15, 0.2) is 5.78 Å². The molecule has 1 saturated heterocycles. The van der Waals surface area contributed by atoms with Crippen LogP contribution in [-0.4, -0.2) is 39.0 Å². The largest absolute Gasteiger partial charge is 0.360 e. The normalized spacial score (nSPS) is 16.6.